The van der Waals surface area contributed by atoms with E-state index in [4.69, 9.17) is 4.74 Å². The third-order valence-corrected chi connectivity index (χ3v) is 2.45. The van der Waals surface area contributed by atoms with Gasteiger partial charge in [-0.05, 0) is 31.0 Å². The van der Waals surface area contributed by atoms with E-state index in [1.54, 1.807) is 13.0 Å². The van der Waals surface area contributed by atoms with Crippen LogP contribution in [0, 0.1) is 0 Å². The molecule has 0 aromatic heterocycles. The second kappa shape index (κ2) is 6.64. The van der Waals surface area contributed by atoms with Gasteiger partial charge < -0.3 is 10.1 Å². The van der Waals surface area contributed by atoms with Gasteiger partial charge in [0.2, 0.25) is 0 Å². The lowest BCUT2D eigenvalue weighted by Crippen LogP contribution is -2.43. The van der Waals surface area contributed by atoms with Crippen LogP contribution in [0.3, 0.4) is 0 Å². The summed E-state index contributed by atoms with van der Waals surface area (Å²) >= 11 is 0. The van der Waals surface area contributed by atoms with Crippen molar-refractivity contribution in [1.29, 1.82) is 0 Å². The molecule has 1 aromatic rings. The Morgan fingerprint density at radius 2 is 2.11 bits per heavy atom. The molecular formula is C13H18N2O3. The zero-order valence-electron chi connectivity index (χ0n) is 10.8. The summed E-state index contributed by atoms with van der Waals surface area (Å²) in [6.07, 6.45) is 0.171. The molecule has 5 nitrogen and oxygen atoms in total. The highest BCUT2D eigenvalue weighted by Gasteiger charge is 2.16. The number of carbonyl (C=O) groups is 2. The molecule has 0 aliphatic carbocycles. The van der Waals surface area contributed by atoms with Gasteiger partial charge in [0.25, 0.3) is 5.91 Å². The summed E-state index contributed by atoms with van der Waals surface area (Å²) in [7, 11) is 1.44. The largest absolute Gasteiger partial charge is 0.481 e. The average molecular weight is 250 g/mol. The molecule has 0 heterocycles. The van der Waals surface area contributed by atoms with Crippen LogP contribution in [0.15, 0.2) is 24.3 Å². The van der Waals surface area contributed by atoms with Crippen LogP contribution in [0.25, 0.3) is 0 Å². The number of hydrogen-bond donors (Lipinski definition) is 2. The molecule has 18 heavy (non-hydrogen) atoms. The fourth-order valence-electron chi connectivity index (χ4n) is 1.37. The van der Waals surface area contributed by atoms with Gasteiger partial charge in [0.15, 0.2) is 6.10 Å². The normalized spacial score (nSPS) is 11.5. The molecule has 0 saturated carbocycles. The van der Waals surface area contributed by atoms with Crippen molar-refractivity contribution in [3.8, 4) is 5.75 Å². The summed E-state index contributed by atoms with van der Waals surface area (Å²) < 4.78 is 5.47. The quantitative estimate of drug-likeness (QED) is 0.850. The molecule has 0 fully saturated rings. The van der Waals surface area contributed by atoms with Crippen molar-refractivity contribution in [3.05, 3.63) is 29.8 Å². The number of carbonyl (C=O) groups excluding carboxylic acids is 2. The maximum atomic E-state index is 11.6. The minimum Gasteiger partial charge on any atom is -0.481 e. The maximum Gasteiger partial charge on any atom is 0.321 e. The second-order valence-corrected chi connectivity index (χ2v) is 3.83. The number of benzene rings is 1. The molecule has 3 amide bonds. The van der Waals surface area contributed by atoms with Crippen molar-refractivity contribution in [2.75, 3.05) is 7.05 Å². The van der Waals surface area contributed by atoms with Crippen LogP contribution in [0.2, 0.25) is 0 Å². The number of aryl methyl sites for hydroxylation is 1. The molecule has 5 heteroatoms. The predicted molar refractivity (Wildman–Crippen MR) is 68.5 cm³/mol. The van der Waals surface area contributed by atoms with E-state index >= 15 is 0 Å². The topological polar surface area (TPSA) is 67.4 Å². The van der Waals surface area contributed by atoms with Crippen molar-refractivity contribution in [2.45, 2.75) is 26.4 Å². The van der Waals surface area contributed by atoms with Gasteiger partial charge in [0, 0.05) is 7.05 Å². The Hall–Kier alpha value is -2.04. The first-order valence-electron chi connectivity index (χ1n) is 5.85. The van der Waals surface area contributed by atoms with Gasteiger partial charge in [-0.2, -0.15) is 0 Å². The molecule has 98 valence electrons. The third-order valence-electron chi connectivity index (χ3n) is 2.45. The van der Waals surface area contributed by atoms with Crippen LogP contribution in [-0.4, -0.2) is 25.1 Å². The lowest BCUT2D eigenvalue weighted by atomic mass is 10.2. The average Bonchev–Trinajstić information content (AvgIpc) is 2.38. The SMILES string of the molecule is CCc1cccc(OC(C)C(=O)NC(=O)NC)c1. The molecule has 1 atom stereocenters. The Morgan fingerprint density at radius 3 is 2.72 bits per heavy atom. The van der Waals surface area contributed by atoms with Crippen molar-refractivity contribution < 1.29 is 14.3 Å². The van der Waals surface area contributed by atoms with Crippen LogP contribution in [0.5, 0.6) is 5.75 Å². The number of hydrogen-bond acceptors (Lipinski definition) is 3. The molecule has 1 aromatic carbocycles. The van der Waals surface area contributed by atoms with E-state index in [-0.39, 0.29) is 0 Å². The molecule has 1 unspecified atom stereocenters. The monoisotopic (exact) mass is 250 g/mol. The van der Waals surface area contributed by atoms with Gasteiger partial charge in [-0.25, -0.2) is 4.79 Å². The van der Waals surface area contributed by atoms with Gasteiger partial charge >= 0.3 is 6.03 Å². The highest BCUT2D eigenvalue weighted by molar-refractivity contribution is 5.96. The van der Waals surface area contributed by atoms with Crippen LogP contribution in [-0.2, 0) is 11.2 Å². The molecule has 0 aliphatic heterocycles. The Morgan fingerprint density at radius 1 is 1.39 bits per heavy atom. The first-order chi connectivity index (χ1) is 8.56. The number of urea groups is 1. The zero-order valence-corrected chi connectivity index (χ0v) is 10.8. The Labute approximate surface area is 107 Å². The Bertz CT molecular complexity index is 432. The minimum absolute atomic E-state index is 0.476. The molecule has 0 saturated heterocycles. The lowest BCUT2D eigenvalue weighted by Gasteiger charge is -2.14. The van der Waals surface area contributed by atoms with E-state index in [1.165, 1.54) is 7.05 Å². The third kappa shape index (κ3) is 4.08. The van der Waals surface area contributed by atoms with Crippen LogP contribution in [0.4, 0.5) is 4.79 Å². The highest BCUT2D eigenvalue weighted by Crippen LogP contribution is 2.15. The molecule has 0 radical (unpaired) electrons. The number of ether oxygens (including phenoxy) is 1. The summed E-state index contributed by atoms with van der Waals surface area (Å²) in [5, 5.41) is 4.47. The number of imide groups is 1. The molecular weight excluding hydrogens is 232 g/mol. The first kappa shape index (κ1) is 14.0. The predicted octanol–water partition coefficient (Wildman–Crippen LogP) is 1.47. The van der Waals surface area contributed by atoms with E-state index in [0.717, 1.165) is 12.0 Å². The van der Waals surface area contributed by atoms with Crippen molar-refractivity contribution in [3.63, 3.8) is 0 Å². The lowest BCUT2D eigenvalue weighted by molar-refractivity contribution is -0.126. The summed E-state index contributed by atoms with van der Waals surface area (Å²) in [6, 6.07) is 6.98. The zero-order chi connectivity index (χ0) is 13.5. The molecule has 1 rings (SSSR count). The van der Waals surface area contributed by atoms with Crippen LogP contribution in [0.1, 0.15) is 19.4 Å². The fraction of sp³-hybridized carbons (Fsp3) is 0.385. The summed E-state index contributed by atoms with van der Waals surface area (Å²) in [4.78, 5) is 22.6. The number of rotatable bonds is 4. The Kier molecular flexibility index (Phi) is 5.17. The molecule has 2 N–H and O–H groups in total. The van der Waals surface area contributed by atoms with Crippen LogP contribution < -0.4 is 15.4 Å². The van der Waals surface area contributed by atoms with Crippen molar-refractivity contribution in [2.24, 2.45) is 0 Å². The van der Waals surface area contributed by atoms with Gasteiger partial charge in [-0.3, -0.25) is 10.1 Å². The standard InChI is InChI=1S/C13H18N2O3/c1-4-10-6-5-7-11(8-10)18-9(2)12(16)15-13(17)14-3/h5-9H,4H2,1-3H3,(H2,14,15,16,17). The van der Waals surface area contributed by atoms with Crippen molar-refractivity contribution >= 4 is 11.9 Å². The van der Waals surface area contributed by atoms with E-state index in [9.17, 15) is 9.59 Å². The first-order valence-corrected chi connectivity index (χ1v) is 5.85. The number of nitrogens with one attached hydrogen (secondary N) is 2. The fourth-order valence-corrected chi connectivity index (χ4v) is 1.37. The summed E-state index contributed by atoms with van der Waals surface area (Å²) in [6.45, 7) is 3.64. The van der Waals surface area contributed by atoms with Gasteiger partial charge in [0.05, 0.1) is 0 Å². The van der Waals surface area contributed by atoms with E-state index in [2.05, 4.69) is 10.6 Å². The summed E-state index contributed by atoms with van der Waals surface area (Å²) in [5.41, 5.74) is 1.13. The highest BCUT2D eigenvalue weighted by atomic mass is 16.5. The molecule has 0 aliphatic rings. The Balaban J connectivity index is 2.60. The van der Waals surface area contributed by atoms with E-state index in [1.807, 2.05) is 25.1 Å². The van der Waals surface area contributed by atoms with E-state index < -0.39 is 18.0 Å². The van der Waals surface area contributed by atoms with Gasteiger partial charge in [0.1, 0.15) is 5.75 Å². The van der Waals surface area contributed by atoms with Crippen molar-refractivity contribution in [1.82, 2.24) is 10.6 Å². The summed E-state index contributed by atoms with van der Waals surface area (Å²) in [5.74, 6) is 0.144. The van der Waals surface area contributed by atoms with E-state index in [0.29, 0.717) is 5.75 Å². The number of amides is 3. The van der Waals surface area contributed by atoms with Crippen LogP contribution >= 0.6 is 0 Å². The molecule has 0 bridgehead atoms. The smallest absolute Gasteiger partial charge is 0.321 e. The van der Waals surface area contributed by atoms with Gasteiger partial charge in [-0.1, -0.05) is 19.1 Å². The second-order valence-electron chi connectivity index (χ2n) is 3.83. The minimum atomic E-state index is -0.727. The molecule has 0 spiro atoms. The maximum absolute atomic E-state index is 11.6. The van der Waals surface area contributed by atoms with Gasteiger partial charge in [-0.15, -0.1) is 0 Å².